The van der Waals surface area contributed by atoms with Crippen molar-refractivity contribution in [1.29, 1.82) is 0 Å². The van der Waals surface area contributed by atoms with Crippen molar-refractivity contribution < 1.29 is 13.2 Å². The lowest BCUT2D eigenvalue weighted by atomic mass is 9.88. The molecule has 1 heterocycles. The number of ether oxygens (including phenoxy) is 1. The predicted molar refractivity (Wildman–Crippen MR) is 90.4 cm³/mol. The summed E-state index contributed by atoms with van der Waals surface area (Å²) in [6, 6.07) is 8.13. The minimum atomic E-state index is -3.48. The highest BCUT2D eigenvalue weighted by molar-refractivity contribution is 7.86. The van der Waals surface area contributed by atoms with E-state index in [4.69, 9.17) is 4.74 Å². The van der Waals surface area contributed by atoms with Gasteiger partial charge in [0.25, 0.3) is 10.2 Å². The molecule has 1 saturated heterocycles. The van der Waals surface area contributed by atoms with Gasteiger partial charge < -0.3 is 4.74 Å². The van der Waals surface area contributed by atoms with E-state index < -0.39 is 10.2 Å². The highest BCUT2D eigenvalue weighted by Crippen LogP contribution is 2.35. The molecule has 0 spiro atoms. The SMILES string of the molecule is C[C@@H]1CN(S(=O)(=O)N(C)[C@@H]2CCCc3ccccc32)C[C@@H](C)O1. The van der Waals surface area contributed by atoms with Crippen LogP contribution in [-0.4, -0.2) is 49.4 Å². The molecule has 1 fully saturated rings. The van der Waals surface area contributed by atoms with Gasteiger partial charge in [0.2, 0.25) is 0 Å². The molecular weight excluding hydrogens is 312 g/mol. The van der Waals surface area contributed by atoms with Crippen molar-refractivity contribution in [1.82, 2.24) is 8.61 Å². The summed E-state index contributed by atoms with van der Waals surface area (Å²) < 4.78 is 35.0. The van der Waals surface area contributed by atoms with E-state index in [1.54, 1.807) is 15.7 Å². The maximum Gasteiger partial charge on any atom is 0.282 e. The van der Waals surface area contributed by atoms with Gasteiger partial charge in [-0.05, 0) is 44.2 Å². The van der Waals surface area contributed by atoms with Crippen molar-refractivity contribution in [2.24, 2.45) is 0 Å². The lowest BCUT2D eigenvalue weighted by molar-refractivity contribution is -0.0456. The average Bonchev–Trinajstić information content (AvgIpc) is 2.52. The molecule has 1 aliphatic carbocycles. The molecule has 3 atom stereocenters. The fourth-order valence-electron chi connectivity index (χ4n) is 3.77. The number of rotatable bonds is 3. The molecule has 1 aromatic rings. The zero-order valence-electron chi connectivity index (χ0n) is 14.1. The average molecular weight is 338 g/mol. The lowest BCUT2D eigenvalue weighted by Gasteiger charge is -2.39. The first kappa shape index (κ1) is 16.9. The molecule has 0 aromatic heterocycles. The van der Waals surface area contributed by atoms with Crippen molar-refractivity contribution in [3.8, 4) is 0 Å². The Balaban J connectivity index is 1.86. The molecule has 6 heteroatoms. The Bertz CT molecular complexity index is 652. The van der Waals surface area contributed by atoms with Crippen molar-refractivity contribution in [3.63, 3.8) is 0 Å². The van der Waals surface area contributed by atoms with Gasteiger partial charge in [0.1, 0.15) is 0 Å². The molecule has 23 heavy (non-hydrogen) atoms. The fraction of sp³-hybridized carbons (Fsp3) is 0.647. The molecule has 0 radical (unpaired) electrons. The van der Waals surface area contributed by atoms with Crippen molar-refractivity contribution in [2.75, 3.05) is 20.1 Å². The first-order valence-corrected chi connectivity index (χ1v) is 9.75. The van der Waals surface area contributed by atoms with Crippen LogP contribution < -0.4 is 0 Å². The van der Waals surface area contributed by atoms with Crippen LogP contribution in [0.5, 0.6) is 0 Å². The van der Waals surface area contributed by atoms with Gasteiger partial charge >= 0.3 is 0 Å². The van der Waals surface area contributed by atoms with Crippen LogP contribution in [0.25, 0.3) is 0 Å². The maximum absolute atomic E-state index is 13.1. The van der Waals surface area contributed by atoms with Gasteiger partial charge in [0.05, 0.1) is 18.2 Å². The van der Waals surface area contributed by atoms with Crippen molar-refractivity contribution >= 4 is 10.2 Å². The molecule has 2 aliphatic rings. The second kappa shape index (κ2) is 6.51. The first-order chi connectivity index (χ1) is 10.9. The summed E-state index contributed by atoms with van der Waals surface area (Å²) in [5, 5.41) is 0. The summed E-state index contributed by atoms with van der Waals surface area (Å²) in [4.78, 5) is 0. The molecule has 1 aromatic carbocycles. The van der Waals surface area contributed by atoms with Crippen LogP contribution in [0.4, 0.5) is 0 Å². The molecule has 0 bridgehead atoms. The number of hydrogen-bond donors (Lipinski definition) is 0. The minimum Gasteiger partial charge on any atom is -0.373 e. The van der Waals surface area contributed by atoms with Crippen molar-refractivity contribution in [3.05, 3.63) is 35.4 Å². The van der Waals surface area contributed by atoms with E-state index in [1.807, 2.05) is 26.0 Å². The number of hydrogen-bond acceptors (Lipinski definition) is 3. The Hall–Kier alpha value is -0.950. The second-order valence-corrected chi connectivity index (χ2v) is 8.69. The van der Waals surface area contributed by atoms with Gasteiger partial charge in [-0.2, -0.15) is 17.0 Å². The Morgan fingerprint density at radius 2 is 1.83 bits per heavy atom. The van der Waals surface area contributed by atoms with Crippen molar-refractivity contribution in [2.45, 2.75) is 51.4 Å². The van der Waals surface area contributed by atoms with Crippen LogP contribution in [0, 0.1) is 0 Å². The molecule has 0 N–H and O–H groups in total. The largest absolute Gasteiger partial charge is 0.373 e. The first-order valence-electron chi connectivity index (χ1n) is 8.36. The number of morpholine rings is 1. The van der Waals surface area contributed by atoms with Gasteiger partial charge in [-0.15, -0.1) is 0 Å². The van der Waals surface area contributed by atoms with Crippen LogP contribution in [0.1, 0.15) is 43.9 Å². The Morgan fingerprint density at radius 3 is 2.52 bits per heavy atom. The molecule has 128 valence electrons. The van der Waals surface area contributed by atoms with Crippen LogP contribution in [-0.2, 0) is 21.4 Å². The van der Waals surface area contributed by atoms with E-state index in [1.165, 1.54) is 5.56 Å². The van der Waals surface area contributed by atoms with Crippen LogP contribution in [0.3, 0.4) is 0 Å². The minimum absolute atomic E-state index is 0.0689. The Morgan fingerprint density at radius 1 is 1.17 bits per heavy atom. The Kier molecular flexibility index (Phi) is 4.78. The van der Waals surface area contributed by atoms with E-state index in [9.17, 15) is 8.42 Å². The molecule has 0 saturated carbocycles. The third-order valence-electron chi connectivity index (χ3n) is 4.85. The maximum atomic E-state index is 13.1. The summed E-state index contributed by atoms with van der Waals surface area (Å²) in [5.74, 6) is 0. The highest BCUT2D eigenvalue weighted by atomic mass is 32.2. The van der Waals surface area contributed by atoms with Gasteiger partial charge in [-0.3, -0.25) is 0 Å². The monoisotopic (exact) mass is 338 g/mol. The summed E-state index contributed by atoms with van der Waals surface area (Å²) >= 11 is 0. The van der Waals surface area contributed by atoms with E-state index in [0.717, 1.165) is 24.8 Å². The highest BCUT2D eigenvalue weighted by Gasteiger charge is 2.38. The topological polar surface area (TPSA) is 49.9 Å². The van der Waals surface area contributed by atoms with Gasteiger partial charge in [-0.25, -0.2) is 0 Å². The quantitative estimate of drug-likeness (QED) is 0.850. The summed E-state index contributed by atoms with van der Waals surface area (Å²) in [7, 11) is -1.77. The second-order valence-electron chi connectivity index (χ2n) is 6.71. The van der Waals surface area contributed by atoms with E-state index in [-0.39, 0.29) is 18.2 Å². The summed E-state index contributed by atoms with van der Waals surface area (Å²) in [6.45, 7) is 4.69. The van der Waals surface area contributed by atoms with Crippen LogP contribution >= 0.6 is 0 Å². The molecule has 0 amide bonds. The predicted octanol–water partition coefficient (Wildman–Crippen LogP) is 2.35. The van der Waals surface area contributed by atoms with E-state index in [0.29, 0.717) is 13.1 Å². The van der Waals surface area contributed by atoms with E-state index in [2.05, 4.69) is 12.1 Å². The van der Waals surface area contributed by atoms with Crippen LogP contribution in [0.15, 0.2) is 24.3 Å². The van der Waals surface area contributed by atoms with Gasteiger partial charge in [-0.1, -0.05) is 24.3 Å². The molecule has 1 aliphatic heterocycles. The fourth-order valence-corrected chi connectivity index (χ4v) is 5.47. The number of fused-ring (bicyclic) bond motifs is 1. The Labute approximate surface area is 139 Å². The standard InChI is InChI=1S/C17H26N2O3S/c1-13-11-19(12-14(2)22-13)23(20,21)18(3)17-10-6-8-15-7-4-5-9-16(15)17/h4-5,7,9,13-14,17H,6,8,10-12H2,1-3H3/t13-,14-,17-/m1/s1. The smallest absolute Gasteiger partial charge is 0.282 e. The van der Waals surface area contributed by atoms with Gasteiger partial charge in [0.15, 0.2) is 0 Å². The van der Waals surface area contributed by atoms with E-state index >= 15 is 0 Å². The zero-order valence-corrected chi connectivity index (χ0v) is 14.9. The zero-order chi connectivity index (χ0) is 16.6. The van der Waals surface area contributed by atoms with Gasteiger partial charge in [0, 0.05) is 20.1 Å². The summed E-state index contributed by atoms with van der Waals surface area (Å²) in [5.41, 5.74) is 2.42. The molecule has 0 unspecified atom stereocenters. The third-order valence-corrected chi connectivity index (χ3v) is 6.79. The normalized spacial score (nSPS) is 29.5. The lowest BCUT2D eigenvalue weighted by Crippen LogP contribution is -2.53. The third kappa shape index (κ3) is 3.31. The molecular formula is C17H26N2O3S. The summed E-state index contributed by atoms with van der Waals surface area (Å²) in [6.07, 6.45) is 2.80. The number of aryl methyl sites for hydroxylation is 1. The molecule has 5 nitrogen and oxygen atoms in total. The number of nitrogens with zero attached hydrogens (tertiary/aromatic N) is 2. The van der Waals surface area contributed by atoms with Crippen LogP contribution in [0.2, 0.25) is 0 Å². The molecule has 3 rings (SSSR count). The number of benzene rings is 1.